The molecule has 6 heteroatoms. The lowest BCUT2D eigenvalue weighted by Crippen LogP contribution is -2.45. The summed E-state index contributed by atoms with van der Waals surface area (Å²) in [5.74, 6) is -1.55. The number of hydrogen-bond donors (Lipinski definition) is 2. The van der Waals surface area contributed by atoms with Crippen LogP contribution in [0.5, 0.6) is 5.75 Å². The number of phenolic OH excluding ortho intramolecular Hbond substituents is 1. The Balaban J connectivity index is 2.87. The third kappa shape index (κ3) is 3.99. The number of nitriles is 1. The number of amides is 1. The second-order valence-corrected chi connectivity index (χ2v) is 4.36. The average Bonchev–Trinajstić information content (AvgIpc) is 2.43. The van der Waals surface area contributed by atoms with E-state index in [1.807, 2.05) is 6.07 Å². The van der Waals surface area contributed by atoms with Gasteiger partial charge in [0, 0.05) is 17.9 Å². The lowest BCUT2D eigenvalue weighted by molar-refractivity contribution is -0.144. The maximum atomic E-state index is 12.0. The highest BCUT2D eigenvalue weighted by atomic mass is 16.5. The van der Waals surface area contributed by atoms with Crippen LogP contribution in [0.25, 0.3) is 0 Å². The molecule has 0 aliphatic carbocycles. The van der Waals surface area contributed by atoms with Gasteiger partial charge >= 0.3 is 5.97 Å². The van der Waals surface area contributed by atoms with Crippen molar-refractivity contribution in [3.8, 4) is 11.8 Å². The summed E-state index contributed by atoms with van der Waals surface area (Å²) in [6.07, 6.45) is 0.111. The third-order valence-electron chi connectivity index (χ3n) is 2.83. The Labute approximate surface area is 117 Å². The van der Waals surface area contributed by atoms with Crippen LogP contribution in [-0.4, -0.2) is 30.1 Å². The number of methoxy groups -OCH3 is 1. The summed E-state index contributed by atoms with van der Waals surface area (Å²) in [5, 5.41) is 20.5. The molecule has 2 atom stereocenters. The number of esters is 1. The van der Waals surface area contributed by atoms with E-state index in [1.165, 1.54) is 31.4 Å². The molecule has 0 fully saturated rings. The SMILES string of the molecule is COC(=O)[C@H](NC(=O)c1cccc(O)c1)[C@H](C)CC#N. The first-order valence-corrected chi connectivity index (χ1v) is 6.04. The Morgan fingerprint density at radius 1 is 1.50 bits per heavy atom. The average molecular weight is 276 g/mol. The molecule has 0 heterocycles. The summed E-state index contributed by atoms with van der Waals surface area (Å²) < 4.78 is 4.63. The first-order chi connectivity index (χ1) is 9.49. The van der Waals surface area contributed by atoms with Gasteiger partial charge in [-0.25, -0.2) is 4.79 Å². The molecule has 1 aromatic carbocycles. The van der Waals surface area contributed by atoms with E-state index in [4.69, 9.17) is 5.26 Å². The number of phenols is 1. The van der Waals surface area contributed by atoms with Gasteiger partial charge in [-0.2, -0.15) is 5.26 Å². The molecular weight excluding hydrogens is 260 g/mol. The molecule has 0 saturated heterocycles. The van der Waals surface area contributed by atoms with Crippen LogP contribution in [0, 0.1) is 17.2 Å². The van der Waals surface area contributed by atoms with E-state index in [-0.39, 0.29) is 23.7 Å². The summed E-state index contributed by atoms with van der Waals surface area (Å²) >= 11 is 0. The number of carbonyl (C=O) groups is 2. The van der Waals surface area contributed by atoms with Crippen molar-refractivity contribution in [2.45, 2.75) is 19.4 Å². The van der Waals surface area contributed by atoms with Gasteiger partial charge in [0.1, 0.15) is 11.8 Å². The van der Waals surface area contributed by atoms with E-state index in [9.17, 15) is 14.7 Å². The molecule has 2 N–H and O–H groups in total. The maximum absolute atomic E-state index is 12.0. The third-order valence-corrected chi connectivity index (χ3v) is 2.83. The lowest BCUT2D eigenvalue weighted by Gasteiger charge is -2.21. The van der Waals surface area contributed by atoms with Gasteiger partial charge in [0.05, 0.1) is 13.2 Å². The van der Waals surface area contributed by atoms with Crippen molar-refractivity contribution >= 4 is 11.9 Å². The van der Waals surface area contributed by atoms with Crippen LogP contribution in [-0.2, 0) is 9.53 Å². The minimum atomic E-state index is -0.908. The van der Waals surface area contributed by atoms with Crippen molar-refractivity contribution in [3.05, 3.63) is 29.8 Å². The fourth-order valence-electron chi connectivity index (χ4n) is 1.69. The fourth-order valence-corrected chi connectivity index (χ4v) is 1.69. The van der Waals surface area contributed by atoms with E-state index < -0.39 is 17.9 Å². The number of nitrogens with zero attached hydrogens (tertiary/aromatic N) is 1. The molecule has 0 aliphatic rings. The van der Waals surface area contributed by atoms with Crippen molar-refractivity contribution in [1.29, 1.82) is 5.26 Å². The fraction of sp³-hybridized carbons (Fsp3) is 0.357. The highest BCUT2D eigenvalue weighted by Crippen LogP contribution is 2.13. The van der Waals surface area contributed by atoms with Crippen LogP contribution in [0.15, 0.2) is 24.3 Å². The van der Waals surface area contributed by atoms with Crippen LogP contribution >= 0.6 is 0 Å². The predicted molar refractivity (Wildman–Crippen MR) is 70.8 cm³/mol. The Kier molecular flexibility index (Phi) is 5.54. The maximum Gasteiger partial charge on any atom is 0.328 e. The number of hydrogen-bond acceptors (Lipinski definition) is 5. The molecule has 0 radical (unpaired) electrons. The van der Waals surface area contributed by atoms with Gasteiger partial charge in [-0.05, 0) is 18.2 Å². The Hall–Kier alpha value is -2.55. The highest BCUT2D eigenvalue weighted by molar-refractivity contribution is 5.97. The van der Waals surface area contributed by atoms with E-state index in [0.717, 1.165) is 0 Å². The molecule has 20 heavy (non-hydrogen) atoms. The molecule has 0 aromatic heterocycles. The smallest absolute Gasteiger partial charge is 0.328 e. The van der Waals surface area contributed by atoms with Crippen molar-refractivity contribution in [1.82, 2.24) is 5.32 Å². The summed E-state index contributed by atoms with van der Waals surface area (Å²) in [6, 6.07) is 6.81. The number of nitrogens with one attached hydrogen (secondary N) is 1. The number of carbonyl (C=O) groups excluding carboxylic acids is 2. The highest BCUT2D eigenvalue weighted by Gasteiger charge is 2.28. The zero-order valence-electron chi connectivity index (χ0n) is 11.3. The van der Waals surface area contributed by atoms with E-state index >= 15 is 0 Å². The van der Waals surface area contributed by atoms with Crippen LogP contribution in [0.4, 0.5) is 0 Å². The van der Waals surface area contributed by atoms with Gasteiger partial charge in [0.15, 0.2) is 0 Å². The lowest BCUT2D eigenvalue weighted by atomic mass is 9.98. The van der Waals surface area contributed by atoms with Crippen molar-refractivity contribution < 1.29 is 19.4 Å². The van der Waals surface area contributed by atoms with E-state index in [0.29, 0.717) is 0 Å². The van der Waals surface area contributed by atoms with Crippen LogP contribution < -0.4 is 5.32 Å². The van der Waals surface area contributed by atoms with E-state index in [1.54, 1.807) is 6.92 Å². The molecule has 1 amide bonds. The zero-order valence-corrected chi connectivity index (χ0v) is 11.3. The topological polar surface area (TPSA) is 99.4 Å². The normalized spacial score (nSPS) is 12.8. The van der Waals surface area contributed by atoms with Crippen LogP contribution in [0.1, 0.15) is 23.7 Å². The molecule has 0 spiro atoms. The number of benzene rings is 1. The standard InChI is InChI=1S/C14H16N2O4/c1-9(6-7-15)12(14(19)20-2)16-13(18)10-4-3-5-11(17)8-10/h3-5,8-9,12,17H,6H2,1-2H3,(H,16,18)/t9-,12-/m1/s1. The van der Waals surface area contributed by atoms with Crippen molar-refractivity contribution in [2.75, 3.05) is 7.11 Å². The molecule has 0 saturated carbocycles. The zero-order chi connectivity index (χ0) is 15.1. The van der Waals surface area contributed by atoms with Crippen molar-refractivity contribution in [2.24, 2.45) is 5.92 Å². The number of aromatic hydroxyl groups is 1. The van der Waals surface area contributed by atoms with Gasteiger partial charge in [-0.3, -0.25) is 4.79 Å². The van der Waals surface area contributed by atoms with Crippen molar-refractivity contribution in [3.63, 3.8) is 0 Å². The molecule has 0 bridgehead atoms. The van der Waals surface area contributed by atoms with Crippen LogP contribution in [0.3, 0.4) is 0 Å². The number of rotatable bonds is 5. The van der Waals surface area contributed by atoms with E-state index in [2.05, 4.69) is 10.1 Å². The second kappa shape index (κ2) is 7.14. The van der Waals surface area contributed by atoms with Gasteiger partial charge in [0.25, 0.3) is 5.91 Å². The minimum absolute atomic E-state index is 0.0441. The quantitative estimate of drug-likeness (QED) is 0.787. The van der Waals surface area contributed by atoms with Crippen LogP contribution in [0.2, 0.25) is 0 Å². The molecule has 0 aliphatic heterocycles. The first kappa shape index (κ1) is 15.5. The molecule has 106 valence electrons. The molecule has 1 aromatic rings. The minimum Gasteiger partial charge on any atom is -0.508 e. The predicted octanol–water partition coefficient (Wildman–Crippen LogP) is 1.21. The largest absolute Gasteiger partial charge is 0.508 e. The van der Waals surface area contributed by atoms with Gasteiger partial charge in [-0.1, -0.05) is 13.0 Å². The summed E-state index contributed by atoms with van der Waals surface area (Å²) in [6.45, 7) is 1.67. The second-order valence-electron chi connectivity index (χ2n) is 4.36. The summed E-state index contributed by atoms with van der Waals surface area (Å²) in [7, 11) is 1.22. The first-order valence-electron chi connectivity index (χ1n) is 6.04. The summed E-state index contributed by atoms with van der Waals surface area (Å²) in [5.41, 5.74) is 0.225. The number of ether oxygens (including phenoxy) is 1. The summed E-state index contributed by atoms with van der Waals surface area (Å²) in [4.78, 5) is 23.7. The molecular formula is C14H16N2O4. The Morgan fingerprint density at radius 3 is 2.75 bits per heavy atom. The van der Waals surface area contributed by atoms with Gasteiger partial charge in [0.2, 0.25) is 0 Å². The Bertz CT molecular complexity index is 536. The van der Waals surface area contributed by atoms with Gasteiger partial charge in [-0.15, -0.1) is 0 Å². The Morgan fingerprint density at radius 2 is 2.20 bits per heavy atom. The monoisotopic (exact) mass is 276 g/mol. The molecule has 6 nitrogen and oxygen atoms in total. The molecule has 0 unspecified atom stereocenters. The van der Waals surface area contributed by atoms with Gasteiger partial charge < -0.3 is 15.2 Å². The molecule has 1 rings (SSSR count).